The van der Waals surface area contributed by atoms with Crippen molar-refractivity contribution >= 4 is 23.2 Å². The van der Waals surface area contributed by atoms with Crippen LogP contribution in [0.15, 0.2) is 48.5 Å². The van der Waals surface area contributed by atoms with Crippen molar-refractivity contribution in [3.8, 4) is 5.75 Å². The molecular formula is C28H40ClN3O2. The van der Waals surface area contributed by atoms with Crippen molar-refractivity contribution in [2.45, 2.75) is 65.6 Å². The number of nitrogens with two attached hydrogens (primary N) is 1. The van der Waals surface area contributed by atoms with E-state index < -0.39 is 6.04 Å². The first-order chi connectivity index (χ1) is 16.2. The third kappa shape index (κ3) is 7.64. The van der Waals surface area contributed by atoms with Gasteiger partial charge in [-0.25, -0.2) is 0 Å². The van der Waals surface area contributed by atoms with Gasteiger partial charge >= 0.3 is 0 Å². The van der Waals surface area contributed by atoms with E-state index in [4.69, 9.17) is 22.1 Å². The predicted octanol–water partition coefficient (Wildman–Crippen LogP) is 5.75. The molecule has 1 amide bonds. The van der Waals surface area contributed by atoms with Crippen molar-refractivity contribution in [2.24, 2.45) is 17.6 Å². The molecule has 2 aromatic rings. The number of carbonyl (C=O) groups excluding carboxylic acids is 1. The first-order valence-corrected chi connectivity index (χ1v) is 12.9. The van der Waals surface area contributed by atoms with Crippen LogP contribution in [0.1, 0.15) is 52.5 Å². The predicted molar refractivity (Wildman–Crippen MR) is 141 cm³/mol. The molecule has 2 aromatic carbocycles. The van der Waals surface area contributed by atoms with Crippen LogP contribution >= 0.6 is 11.6 Å². The Morgan fingerprint density at radius 2 is 1.76 bits per heavy atom. The lowest BCUT2D eigenvalue weighted by Gasteiger charge is -2.32. The minimum absolute atomic E-state index is 0.0888. The third-order valence-electron chi connectivity index (χ3n) is 6.39. The van der Waals surface area contributed by atoms with Crippen LogP contribution in [0, 0.1) is 11.8 Å². The molecule has 3 rings (SSSR count). The first kappa shape index (κ1) is 26.4. The van der Waals surface area contributed by atoms with E-state index in [2.05, 4.69) is 44.7 Å². The third-order valence-corrected chi connectivity index (χ3v) is 6.64. The lowest BCUT2D eigenvalue weighted by atomic mass is 10.0. The lowest BCUT2D eigenvalue weighted by molar-refractivity contribution is -0.131. The monoisotopic (exact) mass is 485 g/mol. The molecule has 2 N–H and O–H groups in total. The molecule has 2 atom stereocenters. The van der Waals surface area contributed by atoms with Crippen LogP contribution < -0.4 is 15.4 Å². The number of hydrogen-bond acceptors (Lipinski definition) is 4. The fourth-order valence-electron chi connectivity index (χ4n) is 4.44. The number of likely N-dealkylation sites (tertiary alicyclic amines) is 1. The maximum absolute atomic E-state index is 12.9. The van der Waals surface area contributed by atoms with Crippen molar-refractivity contribution in [2.75, 3.05) is 24.5 Å². The highest BCUT2D eigenvalue weighted by Gasteiger charge is 2.32. The summed E-state index contributed by atoms with van der Waals surface area (Å²) in [5, 5.41) is 0.726. The number of nitrogens with zero attached hydrogens (tertiary/aromatic N) is 2. The van der Waals surface area contributed by atoms with Gasteiger partial charge in [-0.2, -0.15) is 0 Å². The van der Waals surface area contributed by atoms with Crippen molar-refractivity contribution in [3.63, 3.8) is 0 Å². The molecule has 6 heteroatoms. The van der Waals surface area contributed by atoms with E-state index >= 15 is 0 Å². The molecule has 34 heavy (non-hydrogen) atoms. The number of ether oxygens (including phenoxy) is 1. The van der Waals surface area contributed by atoms with Gasteiger partial charge in [-0.3, -0.25) is 4.79 Å². The van der Waals surface area contributed by atoms with Crippen LogP contribution in [0.5, 0.6) is 5.75 Å². The largest absolute Gasteiger partial charge is 0.489 e. The van der Waals surface area contributed by atoms with Gasteiger partial charge in [0.25, 0.3) is 0 Å². The second kappa shape index (κ2) is 12.5. The number of amides is 1. The highest BCUT2D eigenvalue weighted by molar-refractivity contribution is 6.30. The Kier molecular flexibility index (Phi) is 9.66. The summed E-state index contributed by atoms with van der Waals surface area (Å²) in [5.74, 6) is 1.96. The van der Waals surface area contributed by atoms with Crippen LogP contribution in [-0.2, 0) is 11.4 Å². The summed E-state index contributed by atoms with van der Waals surface area (Å²) < 4.78 is 5.97. The van der Waals surface area contributed by atoms with Crippen LogP contribution in [-0.4, -0.2) is 42.5 Å². The maximum Gasteiger partial charge on any atom is 0.239 e. The second-order valence-corrected chi connectivity index (χ2v) is 10.7. The Hall–Kier alpha value is -2.24. The van der Waals surface area contributed by atoms with E-state index in [1.54, 1.807) is 0 Å². The van der Waals surface area contributed by atoms with E-state index in [-0.39, 0.29) is 5.91 Å². The first-order valence-electron chi connectivity index (χ1n) is 12.5. The molecule has 0 spiro atoms. The van der Waals surface area contributed by atoms with E-state index in [1.165, 1.54) is 5.69 Å². The van der Waals surface area contributed by atoms with Crippen molar-refractivity contribution < 1.29 is 9.53 Å². The quantitative estimate of drug-likeness (QED) is 0.440. The van der Waals surface area contributed by atoms with Gasteiger partial charge in [-0.05, 0) is 73.1 Å². The minimum atomic E-state index is -0.403. The Bertz CT molecular complexity index is 899. The zero-order chi connectivity index (χ0) is 24.7. The topological polar surface area (TPSA) is 58.8 Å². The van der Waals surface area contributed by atoms with Gasteiger partial charge in [0, 0.05) is 36.4 Å². The summed E-state index contributed by atoms with van der Waals surface area (Å²) in [6.45, 7) is 11.7. The fourth-order valence-corrected chi connectivity index (χ4v) is 4.57. The Morgan fingerprint density at radius 1 is 1.09 bits per heavy atom. The van der Waals surface area contributed by atoms with Crippen LogP contribution in [0.25, 0.3) is 0 Å². The second-order valence-electron chi connectivity index (χ2n) is 10.2. The number of hydrogen-bond donors (Lipinski definition) is 1. The average molecular weight is 486 g/mol. The zero-order valence-corrected chi connectivity index (χ0v) is 21.8. The molecule has 0 radical (unpaired) electrons. The molecule has 186 valence electrons. The van der Waals surface area contributed by atoms with Crippen LogP contribution in [0.2, 0.25) is 5.02 Å². The summed E-state index contributed by atoms with van der Waals surface area (Å²) in [6, 6.07) is 15.9. The van der Waals surface area contributed by atoms with Gasteiger partial charge in [-0.1, -0.05) is 51.4 Å². The van der Waals surface area contributed by atoms with Gasteiger partial charge in [0.2, 0.25) is 5.91 Å². The van der Waals surface area contributed by atoms with E-state index in [1.807, 2.05) is 41.3 Å². The van der Waals surface area contributed by atoms with Crippen molar-refractivity contribution in [1.82, 2.24) is 4.90 Å². The van der Waals surface area contributed by atoms with E-state index in [0.717, 1.165) is 55.2 Å². The fraction of sp³-hybridized carbons (Fsp3) is 0.536. The Balaban J connectivity index is 1.64. The van der Waals surface area contributed by atoms with Crippen molar-refractivity contribution in [3.05, 3.63) is 59.1 Å². The van der Waals surface area contributed by atoms with Crippen molar-refractivity contribution in [1.29, 1.82) is 0 Å². The lowest BCUT2D eigenvalue weighted by Crippen LogP contribution is -2.45. The van der Waals surface area contributed by atoms with Gasteiger partial charge in [0.15, 0.2) is 0 Å². The van der Waals surface area contributed by atoms with Gasteiger partial charge in [0.1, 0.15) is 12.4 Å². The van der Waals surface area contributed by atoms with E-state index in [0.29, 0.717) is 24.5 Å². The number of anilines is 1. The average Bonchev–Trinajstić information content (AvgIpc) is 3.28. The summed E-state index contributed by atoms with van der Waals surface area (Å²) >= 11 is 5.96. The molecule has 0 aliphatic carbocycles. The molecular weight excluding hydrogens is 446 g/mol. The van der Waals surface area contributed by atoms with Crippen LogP contribution in [0.3, 0.4) is 0 Å². The summed E-state index contributed by atoms with van der Waals surface area (Å²) in [4.78, 5) is 17.3. The van der Waals surface area contributed by atoms with Crippen LogP contribution in [0.4, 0.5) is 5.69 Å². The number of halogens is 1. The summed E-state index contributed by atoms with van der Waals surface area (Å²) in [7, 11) is 0. The molecule has 1 saturated heterocycles. The molecule has 1 aliphatic heterocycles. The van der Waals surface area contributed by atoms with Gasteiger partial charge < -0.3 is 20.3 Å². The van der Waals surface area contributed by atoms with Gasteiger partial charge in [-0.15, -0.1) is 0 Å². The Labute approximate surface area is 210 Å². The standard InChI is InChI=1S/C28H40ClN3O2/c1-20(2)13-16-32(25-14-15-31(18-25)28(33)27(30)17-21(3)4)24-9-11-26(12-10-24)34-19-22-5-7-23(29)8-6-22/h5-12,20-21,25,27H,13-19,30H2,1-4H3/t25-,27?/m0/s1. The highest BCUT2D eigenvalue weighted by Crippen LogP contribution is 2.27. The highest BCUT2D eigenvalue weighted by atomic mass is 35.5. The normalized spacial score (nSPS) is 16.8. The molecule has 5 nitrogen and oxygen atoms in total. The zero-order valence-electron chi connectivity index (χ0n) is 21.0. The molecule has 0 bridgehead atoms. The summed E-state index contributed by atoms with van der Waals surface area (Å²) in [6.07, 6.45) is 2.80. The molecule has 1 fully saturated rings. The molecule has 1 aliphatic rings. The molecule has 0 aromatic heterocycles. The van der Waals surface area contributed by atoms with E-state index in [9.17, 15) is 4.79 Å². The smallest absolute Gasteiger partial charge is 0.239 e. The molecule has 1 heterocycles. The number of carbonyl (C=O) groups is 1. The molecule has 1 unspecified atom stereocenters. The number of rotatable bonds is 11. The summed E-state index contributed by atoms with van der Waals surface area (Å²) in [5.41, 5.74) is 8.45. The van der Waals surface area contributed by atoms with Gasteiger partial charge in [0.05, 0.1) is 6.04 Å². The minimum Gasteiger partial charge on any atom is -0.489 e. The maximum atomic E-state index is 12.9. The SMILES string of the molecule is CC(C)CCN(c1ccc(OCc2ccc(Cl)cc2)cc1)[C@H]1CCN(C(=O)C(N)CC(C)C)C1. The number of benzene rings is 2. The molecule has 0 saturated carbocycles. The Morgan fingerprint density at radius 3 is 2.38 bits per heavy atom.